The fraction of sp³-hybridized carbons (Fsp3) is 0. The lowest BCUT2D eigenvalue weighted by Crippen LogP contribution is -1.81. The molecule has 2 rings (SSSR count). The first-order valence-corrected chi connectivity index (χ1v) is 3.96. The Kier molecular flexibility index (Phi) is 2.10. The van der Waals surface area contributed by atoms with Crippen LogP contribution in [0.2, 0.25) is 0 Å². The molecule has 1 aromatic carbocycles. The topological polar surface area (TPSA) is 43.1 Å². The van der Waals surface area contributed by atoms with Gasteiger partial charge in [0, 0.05) is 5.56 Å². The standard InChI is InChI=1S/C10H6FNO2/c11-8-3-1-7(2-4-8)9-6-14-10(5-13)12-9/h1-6H. The van der Waals surface area contributed by atoms with E-state index in [1.54, 1.807) is 12.1 Å². The third-order valence-corrected chi connectivity index (χ3v) is 1.76. The van der Waals surface area contributed by atoms with Gasteiger partial charge in [0.05, 0.1) is 0 Å². The summed E-state index contributed by atoms with van der Waals surface area (Å²) in [7, 11) is 0. The smallest absolute Gasteiger partial charge is 0.260 e. The zero-order chi connectivity index (χ0) is 9.97. The third-order valence-electron chi connectivity index (χ3n) is 1.76. The molecular weight excluding hydrogens is 185 g/mol. The van der Waals surface area contributed by atoms with E-state index in [0.717, 1.165) is 0 Å². The van der Waals surface area contributed by atoms with Crippen molar-refractivity contribution in [3.8, 4) is 11.3 Å². The Hall–Kier alpha value is -1.97. The van der Waals surface area contributed by atoms with Crippen LogP contribution in [-0.4, -0.2) is 11.3 Å². The summed E-state index contributed by atoms with van der Waals surface area (Å²) in [5.74, 6) is -0.294. The van der Waals surface area contributed by atoms with Crippen molar-refractivity contribution in [1.29, 1.82) is 0 Å². The molecule has 2 aromatic rings. The van der Waals surface area contributed by atoms with Gasteiger partial charge in [-0.2, -0.15) is 0 Å². The molecule has 0 saturated carbocycles. The first-order chi connectivity index (χ1) is 6.79. The molecule has 0 radical (unpaired) electrons. The molecule has 0 bridgehead atoms. The Balaban J connectivity index is 2.39. The number of aromatic nitrogens is 1. The van der Waals surface area contributed by atoms with E-state index in [9.17, 15) is 9.18 Å². The molecule has 0 unspecified atom stereocenters. The second-order valence-corrected chi connectivity index (χ2v) is 2.70. The Labute approximate surface area is 79.2 Å². The Morgan fingerprint density at radius 3 is 2.57 bits per heavy atom. The van der Waals surface area contributed by atoms with Crippen molar-refractivity contribution >= 4 is 6.29 Å². The van der Waals surface area contributed by atoms with Gasteiger partial charge in [-0.1, -0.05) is 0 Å². The largest absolute Gasteiger partial charge is 0.442 e. The van der Waals surface area contributed by atoms with Gasteiger partial charge in [0.2, 0.25) is 6.29 Å². The van der Waals surface area contributed by atoms with Crippen LogP contribution in [0.4, 0.5) is 4.39 Å². The lowest BCUT2D eigenvalue weighted by molar-refractivity contribution is 0.109. The SMILES string of the molecule is O=Cc1nc(-c2ccc(F)cc2)co1. The van der Waals surface area contributed by atoms with E-state index in [-0.39, 0.29) is 11.7 Å². The van der Waals surface area contributed by atoms with Crippen molar-refractivity contribution in [3.63, 3.8) is 0 Å². The van der Waals surface area contributed by atoms with E-state index >= 15 is 0 Å². The number of halogens is 1. The highest BCUT2D eigenvalue weighted by atomic mass is 19.1. The molecule has 0 saturated heterocycles. The van der Waals surface area contributed by atoms with Gasteiger partial charge >= 0.3 is 0 Å². The quantitative estimate of drug-likeness (QED) is 0.684. The highest BCUT2D eigenvalue weighted by Gasteiger charge is 2.04. The van der Waals surface area contributed by atoms with Gasteiger partial charge in [-0.25, -0.2) is 9.37 Å². The number of hydrogen-bond acceptors (Lipinski definition) is 3. The van der Waals surface area contributed by atoms with Crippen molar-refractivity contribution < 1.29 is 13.6 Å². The molecule has 14 heavy (non-hydrogen) atoms. The lowest BCUT2D eigenvalue weighted by atomic mass is 10.2. The van der Waals surface area contributed by atoms with Gasteiger partial charge in [0.25, 0.3) is 5.89 Å². The summed E-state index contributed by atoms with van der Waals surface area (Å²) >= 11 is 0. The van der Waals surface area contributed by atoms with Crippen molar-refractivity contribution in [2.24, 2.45) is 0 Å². The number of carbonyl (C=O) groups is 1. The summed E-state index contributed by atoms with van der Waals surface area (Å²) in [6, 6.07) is 5.79. The van der Waals surface area contributed by atoms with E-state index < -0.39 is 0 Å². The molecule has 4 heteroatoms. The Bertz CT molecular complexity index is 447. The van der Waals surface area contributed by atoms with E-state index in [1.165, 1.54) is 18.4 Å². The van der Waals surface area contributed by atoms with E-state index in [2.05, 4.69) is 4.98 Å². The molecule has 0 amide bonds. The van der Waals surface area contributed by atoms with Crippen LogP contribution in [0, 0.1) is 5.82 Å². The molecule has 0 aliphatic heterocycles. The average molecular weight is 191 g/mol. The molecule has 70 valence electrons. The molecule has 0 fully saturated rings. The number of nitrogens with zero attached hydrogens (tertiary/aromatic N) is 1. The van der Waals surface area contributed by atoms with Crippen LogP contribution in [0.5, 0.6) is 0 Å². The minimum absolute atomic E-state index is 0.0179. The first kappa shape index (κ1) is 8.62. The van der Waals surface area contributed by atoms with Crippen LogP contribution in [0.25, 0.3) is 11.3 Å². The second-order valence-electron chi connectivity index (χ2n) is 2.70. The molecule has 0 spiro atoms. The van der Waals surface area contributed by atoms with Gasteiger partial charge in [-0.15, -0.1) is 0 Å². The number of hydrogen-bond donors (Lipinski definition) is 0. The van der Waals surface area contributed by atoms with Crippen LogP contribution >= 0.6 is 0 Å². The normalized spacial score (nSPS) is 10.1. The number of aldehydes is 1. The van der Waals surface area contributed by atoms with Gasteiger partial charge in [-0.05, 0) is 24.3 Å². The van der Waals surface area contributed by atoms with Gasteiger partial charge in [-0.3, -0.25) is 4.79 Å². The monoisotopic (exact) mass is 191 g/mol. The predicted octanol–water partition coefficient (Wildman–Crippen LogP) is 2.29. The highest BCUT2D eigenvalue weighted by molar-refractivity contribution is 5.70. The summed E-state index contributed by atoms with van der Waals surface area (Å²) in [6.07, 6.45) is 1.88. The summed E-state index contributed by atoms with van der Waals surface area (Å²) < 4.78 is 17.4. The van der Waals surface area contributed by atoms with Crippen LogP contribution in [0.3, 0.4) is 0 Å². The molecular formula is C10H6FNO2. The van der Waals surface area contributed by atoms with Crippen molar-refractivity contribution in [2.45, 2.75) is 0 Å². The zero-order valence-electron chi connectivity index (χ0n) is 7.11. The minimum atomic E-state index is -0.312. The lowest BCUT2D eigenvalue weighted by Gasteiger charge is -1.93. The number of benzene rings is 1. The summed E-state index contributed by atoms with van der Waals surface area (Å²) in [6.45, 7) is 0. The second kappa shape index (κ2) is 3.41. The van der Waals surface area contributed by atoms with Crippen LogP contribution in [-0.2, 0) is 0 Å². The molecule has 1 heterocycles. The van der Waals surface area contributed by atoms with Crippen molar-refractivity contribution in [3.05, 3.63) is 42.2 Å². The van der Waals surface area contributed by atoms with Crippen LogP contribution in [0.15, 0.2) is 34.9 Å². The fourth-order valence-corrected chi connectivity index (χ4v) is 1.09. The summed E-state index contributed by atoms with van der Waals surface area (Å²) in [5, 5.41) is 0. The van der Waals surface area contributed by atoms with E-state index in [1.807, 2.05) is 0 Å². The maximum Gasteiger partial charge on any atom is 0.260 e. The van der Waals surface area contributed by atoms with E-state index in [4.69, 9.17) is 4.42 Å². The molecule has 0 aliphatic rings. The molecule has 1 aromatic heterocycles. The Morgan fingerprint density at radius 2 is 2.00 bits per heavy atom. The van der Waals surface area contributed by atoms with Gasteiger partial charge < -0.3 is 4.42 Å². The summed E-state index contributed by atoms with van der Waals surface area (Å²) in [5.41, 5.74) is 1.23. The minimum Gasteiger partial charge on any atom is -0.442 e. The number of rotatable bonds is 2. The first-order valence-electron chi connectivity index (χ1n) is 3.96. The van der Waals surface area contributed by atoms with Gasteiger partial charge in [0.1, 0.15) is 17.8 Å². The average Bonchev–Trinajstić information content (AvgIpc) is 2.67. The molecule has 0 N–H and O–H groups in total. The van der Waals surface area contributed by atoms with Gasteiger partial charge in [0.15, 0.2) is 0 Å². The van der Waals surface area contributed by atoms with Crippen LogP contribution in [0.1, 0.15) is 10.7 Å². The molecule has 0 aliphatic carbocycles. The summed E-state index contributed by atoms with van der Waals surface area (Å²) in [4.78, 5) is 14.2. The predicted molar refractivity (Wildman–Crippen MR) is 47.3 cm³/mol. The van der Waals surface area contributed by atoms with Crippen LogP contribution < -0.4 is 0 Å². The van der Waals surface area contributed by atoms with E-state index in [0.29, 0.717) is 17.5 Å². The number of oxazole rings is 1. The third kappa shape index (κ3) is 1.54. The zero-order valence-corrected chi connectivity index (χ0v) is 7.11. The fourth-order valence-electron chi connectivity index (χ4n) is 1.09. The van der Waals surface area contributed by atoms with Crippen molar-refractivity contribution in [1.82, 2.24) is 4.98 Å². The molecule has 0 atom stereocenters. The Morgan fingerprint density at radius 1 is 1.29 bits per heavy atom. The molecule has 3 nitrogen and oxygen atoms in total. The van der Waals surface area contributed by atoms with Crippen molar-refractivity contribution in [2.75, 3.05) is 0 Å². The number of carbonyl (C=O) groups excluding carboxylic acids is 1. The maximum atomic E-state index is 12.6. The maximum absolute atomic E-state index is 12.6. The highest BCUT2D eigenvalue weighted by Crippen LogP contribution is 2.18.